The topological polar surface area (TPSA) is 114 Å². The van der Waals surface area contributed by atoms with Crippen molar-refractivity contribution in [1.82, 2.24) is 24.2 Å². The number of piperazine rings is 1. The van der Waals surface area contributed by atoms with Crippen LogP contribution in [-0.4, -0.2) is 64.7 Å². The molecular formula is C19H18N6O4S. The van der Waals surface area contributed by atoms with E-state index in [-0.39, 0.29) is 16.3 Å². The predicted molar refractivity (Wildman–Crippen MR) is 109 cm³/mol. The van der Waals surface area contributed by atoms with Crippen molar-refractivity contribution < 1.29 is 17.8 Å². The molecule has 4 aromatic rings. The summed E-state index contributed by atoms with van der Waals surface area (Å²) >= 11 is 0. The Bertz CT molecular complexity index is 1370. The second-order valence-electron chi connectivity index (χ2n) is 7.10. The van der Waals surface area contributed by atoms with E-state index in [4.69, 9.17) is 4.63 Å². The van der Waals surface area contributed by atoms with Gasteiger partial charge < -0.3 is 9.80 Å². The summed E-state index contributed by atoms with van der Waals surface area (Å²) < 4.78 is 32.7. The Labute approximate surface area is 171 Å². The molecule has 1 saturated heterocycles. The van der Waals surface area contributed by atoms with E-state index in [0.29, 0.717) is 42.7 Å². The van der Waals surface area contributed by atoms with Crippen LogP contribution in [0.4, 0.5) is 5.69 Å². The molecule has 0 radical (unpaired) electrons. The summed E-state index contributed by atoms with van der Waals surface area (Å²) in [6, 6.07) is 8.18. The number of fused-ring (bicyclic) bond motifs is 2. The molecular weight excluding hydrogens is 408 g/mol. The first-order valence-corrected chi connectivity index (χ1v) is 10.8. The first-order valence-electron chi connectivity index (χ1n) is 9.39. The first kappa shape index (κ1) is 18.6. The van der Waals surface area contributed by atoms with Gasteiger partial charge in [-0.3, -0.25) is 9.78 Å². The van der Waals surface area contributed by atoms with Crippen LogP contribution in [0.3, 0.4) is 0 Å². The zero-order chi connectivity index (χ0) is 20.9. The van der Waals surface area contributed by atoms with Gasteiger partial charge in [0.05, 0.1) is 22.9 Å². The fraction of sp³-hybridized carbons (Fsp3) is 0.263. The summed E-state index contributed by atoms with van der Waals surface area (Å²) in [5.74, 6) is 0.0553. The minimum Gasteiger partial charge on any atom is -0.367 e. The number of benzene rings is 1. The zero-order valence-electron chi connectivity index (χ0n) is 16.1. The maximum Gasteiger partial charge on any atom is 0.270 e. The molecule has 154 valence electrons. The minimum atomic E-state index is -3.94. The molecule has 0 N–H and O–H groups in total. The van der Waals surface area contributed by atoms with E-state index in [1.54, 1.807) is 36.2 Å². The van der Waals surface area contributed by atoms with Crippen LogP contribution in [0.15, 0.2) is 52.3 Å². The molecule has 1 aromatic carbocycles. The number of nitrogens with zero attached hydrogens (tertiary/aromatic N) is 6. The van der Waals surface area contributed by atoms with E-state index in [1.165, 1.54) is 16.2 Å². The third-order valence-corrected chi connectivity index (χ3v) is 7.09. The number of pyridine rings is 1. The molecule has 30 heavy (non-hydrogen) atoms. The summed E-state index contributed by atoms with van der Waals surface area (Å²) in [7, 11) is -3.94. The summed E-state index contributed by atoms with van der Waals surface area (Å²) in [6.45, 7) is 4.11. The molecule has 0 atom stereocenters. The molecule has 0 aliphatic carbocycles. The number of aromatic nitrogens is 4. The fourth-order valence-electron chi connectivity index (χ4n) is 3.73. The van der Waals surface area contributed by atoms with Gasteiger partial charge in [0.1, 0.15) is 10.4 Å². The molecule has 3 aromatic heterocycles. The fourth-order valence-corrected chi connectivity index (χ4v) is 5.21. The first-order chi connectivity index (χ1) is 14.4. The van der Waals surface area contributed by atoms with E-state index in [0.717, 1.165) is 5.69 Å². The highest BCUT2D eigenvalue weighted by atomic mass is 32.2. The van der Waals surface area contributed by atoms with Gasteiger partial charge in [0.25, 0.3) is 10.0 Å². The van der Waals surface area contributed by atoms with Crippen molar-refractivity contribution in [3.05, 3.63) is 42.7 Å². The smallest absolute Gasteiger partial charge is 0.270 e. The van der Waals surface area contributed by atoms with Crippen molar-refractivity contribution >= 4 is 43.7 Å². The maximum absolute atomic E-state index is 13.4. The summed E-state index contributed by atoms with van der Waals surface area (Å²) in [5.41, 5.74) is 2.39. The van der Waals surface area contributed by atoms with Gasteiger partial charge in [-0.2, -0.15) is 0 Å². The lowest BCUT2D eigenvalue weighted by Gasteiger charge is -2.35. The van der Waals surface area contributed by atoms with Crippen LogP contribution in [-0.2, 0) is 14.8 Å². The number of anilines is 1. The molecule has 11 heteroatoms. The van der Waals surface area contributed by atoms with Crippen molar-refractivity contribution in [2.24, 2.45) is 0 Å². The molecule has 1 amide bonds. The van der Waals surface area contributed by atoms with Crippen molar-refractivity contribution in [3.8, 4) is 0 Å². The SMILES string of the molecule is CC(=O)N1CCN(c2cnc3ccn(S(=O)(=O)c4cccc5nonc45)c3c2)CC1. The number of hydrogen-bond acceptors (Lipinski definition) is 8. The molecule has 1 aliphatic heterocycles. The summed E-state index contributed by atoms with van der Waals surface area (Å²) in [6.07, 6.45) is 3.21. The number of rotatable bonds is 3. The van der Waals surface area contributed by atoms with Crippen LogP contribution in [0.1, 0.15) is 6.92 Å². The highest BCUT2D eigenvalue weighted by Gasteiger charge is 2.25. The molecule has 0 bridgehead atoms. The molecule has 4 heterocycles. The molecule has 1 fully saturated rings. The average Bonchev–Trinajstić information content (AvgIpc) is 3.40. The van der Waals surface area contributed by atoms with E-state index in [1.807, 2.05) is 6.07 Å². The summed E-state index contributed by atoms with van der Waals surface area (Å²) in [5, 5.41) is 7.48. The number of amides is 1. The molecule has 0 saturated carbocycles. The largest absolute Gasteiger partial charge is 0.367 e. The van der Waals surface area contributed by atoms with E-state index in [9.17, 15) is 13.2 Å². The quantitative estimate of drug-likeness (QED) is 0.484. The van der Waals surface area contributed by atoms with Gasteiger partial charge in [-0.15, -0.1) is 0 Å². The van der Waals surface area contributed by atoms with Gasteiger partial charge in [0.2, 0.25) is 5.91 Å². The Morgan fingerprint density at radius 1 is 1.07 bits per heavy atom. The molecule has 0 spiro atoms. The van der Waals surface area contributed by atoms with Gasteiger partial charge in [-0.1, -0.05) is 6.07 Å². The van der Waals surface area contributed by atoms with Gasteiger partial charge >= 0.3 is 0 Å². The normalized spacial score (nSPS) is 15.2. The Morgan fingerprint density at radius 3 is 2.63 bits per heavy atom. The number of hydrogen-bond donors (Lipinski definition) is 0. The van der Waals surface area contributed by atoms with Crippen LogP contribution in [0.2, 0.25) is 0 Å². The van der Waals surface area contributed by atoms with E-state index < -0.39 is 10.0 Å². The highest BCUT2D eigenvalue weighted by Crippen LogP contribution is 2.28. The number of carbonyl (C=O) groups is 1. The van der Waals surface area contributed by atoms with Gasteiger partial charge in [0, 0.05) is 39.3 Å². The monoisotopic (exact) mass is 426 g/mol. The second kappa shape index (κ2) is 6.80. The van der Waals surface area contributed by atoms with Crippen molar-refractivity contribution in [1.29, 1.82) is 0 Å². The van der Waals surface area contributed by atoms with Gasteiger partial charge in [-0.05, 0) is 34.6 Å². The minimum absolute atomic E-state index is 0.0132. The van der Waals surface area contributed by atoms with Crippen molar-refractivity contribution in [2.45, 2.75) is 11.8 Å². The van der Waals surface area contributed by atoms with Crippen LogP contribution in [0.25, 0.3) is 22.1 Å². The van der Waals surface area contributed by atoms with Crippen LogP contribution in [0.5, 0.6) is 0 Å². The Kier molecular flexibility index (Phi) is 4.21. The average molecular weight is 426 g/mol. The third kappa shape index (κ3) is 2.89. The van der Waals surface area contributed by atoms with Crippen molar-refractivity contribution in [2.75, 3.05) is 31.1 Å². The highest BCUT2D eigenvalue weighted by molar-refractivity contribution is 7.90. The Balaban J connectivity index is 1.55. The molecule has 1 aliphatic rings. The van der Waals surface area contributed by atoms with Crippen LogP contribution in [0, 0.1) is 0 Å². The van der Waals surface area contributed by atoms with E-state index in [2.05, 4.69) is 20.2 Å². The van der Waals surface area contributed by atoms with Crippen LogP contribution < -0.4 is 4.90 Å². The lowest BCUT2D eigenvalue weighted by molar-refractivity contribution is -0.129. The lowest BCUT2D eigenvalue weighted by Crippen LogP contribution is -2.48. The zero-order valence-corrected chi connectivity index (χ0v) is 16.9. The van der Waals surface area contributed by atoms with Crippen molar-refractivity contribution in [3.63, 3.8) is 0 Å². The van der Waals surface area contributed by atoms with E-state index >= 15 is 0 Å². The molecule has 0 unspecified atom stereocenters. The predicted octanol–water partition coefficient (Wildman–Crippen LogP) is 1.48. The van der Waals surface area contributed by atoms with Gasteiger partial charge in [0.15, 0.2) is 5.52 Å². The lowest BCUT2D eigenvalue weighted by atomic mass is 10.2. The van der Waals surface area contributed by atoms with Gasteiger partial charge in [-0.25, -0.2) is 17.0 Å². The maximum atomic E-state index is 13.4. The second-order valence-corrected chi connectivity index (χ2v) is 8.88. The Hall–Kier alpha value is -3.47. The standard InChI is InChI=1S/C19H18N6O4S/c1-13(26)23-7-9-24(10-8-23)14-11-17-15(20-12-14)5-6-25(17)30(27,28)18-4-2-3-16-19(18)22-29-21-16/h2-6,11-12H,7-10H2,1H3. The Morgan fingerprint density at radius 2 is 1.87 bits per heavy atom. The third-order valence-electron chi connectivity index (χ3n) is 5.36. The molecule has 5 rings (SSSR count). The summed E-state index contributed by atoms with van der Waals surface area (Å²) in [4.78, 5) is 19.9. The van der Waals surface area contributed by atoms with Crippen LogP contribution >= 0.6 is 0 Å². The number of carbonyl (C=O) groups excluding carboxylic acids is 1. The molecule has 10 nitrogen and oxygen atoms in total.